The van der Waals surface area contributed by atoms with Crippen molar-refractivity contribution in [1.29, 1.82) is 0 Å². The predicted octanol–water partition coefficient (Wildman–Crippen LogP) is 4.08. The minimum Gasteiger partial charge on any atom is -0.387 e. The van der Waals surface area contributed by atoms with E-state index in [4.69, 9.17) is 0 Å². The number of aryl methyl sites for hydroxylation is 1. The minimum absolute atomic E-state index is 0.493. The monoisotopic (exact) mass is 321 g/mol. The van der Waals surface area contributed by atoms with Crippen LogP contribution >= 0.6 is 0 Å². The average Bonchev–Trinajstić information content (AvgIpc) is 2.60. The first kappa shape index (κ1) is 16.4. The van der Waals surface area contributed by atoms with Crippen LogP contribution < -0.4 is 5.32 Å². The van der Waals surface area contributed by atoms with E-state index >= 15 is 0 Å². The van der Waals surface area contributed by atoms with Gasteiger partial charge in [-0.05, 0) is 44.0 Å². The first-order valence-electron chi connectivity index (χ1n) is 8.38. The van der Waals surface area contributed by atoms with Crippen LogP contribution in [0.2, 0.25) is 0 Å². The Morgan fingerprint density at radius 1 is 1.29 bits per heavy atom. The molecule has 0 aliphatic carbocycles. The van der Waals surface area contributed by atoms with Gasteiger partial charge in [-0.1, -0.05) is 19.4 Å². The normalized spacial score (nSPS) is 16.3. The molecule has 0 spiro atoms. The fraction of sp³-hybridized carbons (Fsp3) is 0.300. The van der Waals surface area contributed by atoms with Crippen molar-refractivity contribution in [3.05, 3.63) is 64.7 Å². The Bertz CT molecular complexity index is 808. The number of hydrogen-bond acceptors (Lipinski definition) is 4. The number of rotatable bonds is 4. The van der Waals surface area contributed by atoms with E-state index in [2.05, 4.69) is 41.3 Å². The number of aliphatic hydroxyl groups is 1. The summed E-state index contributed by atoms with van der Waals surface area (Å²) in [6.07, 6.45) is 10.9. The van der Waals surface area contributed by atoms with Crippen molar-refractivity contribution >= 4 is 17.5 Å². The Kier molecular flexibility index (Phi) is 4.76. The molecule has 1 atom stereocenters. The standard InChI is InChI=1S/C20H23N3O/c1-4-6-20(24)19-9-13(3)16(12-22-19)18-10-14-11-21-8-7-15(14)17(5-2)23-18/h5,7-12,20,23-24H,4,6H2,1-3H3/b17-5-. The molecule has 2 aromatic rings. The third-order valence-corrected chi connectivity index (χ3v) is 4.33. The zero-order valence-electron chi connectivity index (χ0n) is 14.4. The molecule has 124 valence electrons. The Morgan fingerprint density at radius 2 is 2.12 bits per heavy atom. The second kappa shape index (κ2) is 6.97. The second-order valence-corrected chi connectivity index (χ2v) is 6.08. The Labute approximate surface area is 143 Å². The summed E-state index contributed by atoms with van der Waals surface area (Å²) < 4.78 is 0. The van der Waals surface area contributed by atoms with Gasteiger partial charge in [0.1, 0.15) is 0 Å². The number of aliphatic hydroxyl groups excluding tert-OH is 1. The molecule has 1 unspecified atom stereocenters. The van der Waals surface area contributed by atoms with Gasteiger partial charge in [0.05, 0.1) is 11.8 Å². The summed E-state index contributed by atoms with van der Waals surface area (Å²) in [5, 5.41) is 13.6. The van der Waals surface area contributed by atoms with Gasteiger partial charge < -0.3 is 10.4 Å². The maximum Gasteiger partial charge on any atom is 0.0959 e. The van der Waals surface area contributed by atoms with Crippen LogP contribution in [0.5, 0.6) is 0 Å². The Balaban J connectivity index is 1.99. The maximum atomic E-state index is 10.1. The molecule has 0 radical (unpaired) electrons. The third-order valence-electron chi connectivity index (χ3n) is 4.33. The summed E-state index contributed by atoms with van der Waals surface area (Å²) in [5.74, 6) is 0. The molecule has 0 saturated heterocycles. The molecule has 0 fully saturated rings. The van der Waals surface area contributed by atoms with Crippen LogP contribution in [-0.2, 0) is 0 Å². The van der Waals surface area contributed by atoms with Crippen molar-refractivity contribution in [3.8, 4) is 0 Å². The van der Waals surface area contributed by atoms with Crippen molar-refractivity contribution < 1.29 is 5.11 Å². The Morgan fingerprint density at radius 3 is 2.83 bits per heavy atom. The van der Waals surface area contributed by atoms with Crippen LogP contribution in [-0.4, -0.2) is 15.1 Å². The largest absolute Gasteiger partial charge is 0.387 e. The highest BCUT2D eigenvalue weighted by molar-refractivity contribution is 5.93. The van der Waals surface area contributed by atoms with Gasteiger partial charge in [-0.3, -0.25) is 9.97 Å². The molecule has 3 heterocycles. The molecule has 24 heavy (non-hydrogen) atoms. The fourth-order valence-corrected chi connectivity index (χ4v) is 3.01. The number of aromatic nitrogens is 2. The van der Waals surface area contributed by atoms with E-state index in [0.29, 0.717) is 0 Å². The summed E-state index contributed by atoms with van der Waals surface area (Å²) >= 11 is 0. The molecular weight excluding hydrogens is 298 g/mol. The summed E-state index contributed by atoms with van der Waals surface area (Å²) in [7, 11) is 0. The van der Waals surface area contributed by atoms with Crippen molar-refractivity contribution in [2.75, 3.05) is 0 Å². The molecule has 0 saturated carbocycles. The Hall–Kier alpha value is -2.46. The fourth-order valence-electron chi connectivity index (χ4n) is 3.01. The van der Waals surface area contributed by atoms with Crippen LogP contribution in [0.1, 0.15) is 60.7 Å². The third kappa shape index (κ3) is 3.10. The number of nitrogens with one attached hydrogen (secondary N) is 1. The number of allylic oxidation sites excluding steroid dienone is 1. The zero-order valence-corrected chi connectivity index (χ0v) is 14.4. The van der Waals surface area contributed by atoms with Crippen LogP contribution in [0.3, 0.4) is 0 Å². The van der Waals surface area contributed by atoms with Crippen LogP contribution in [0.25, 0.3) is 17.5 Å². The van der Waals surface area contributed by atoms with E-state index in [0.717, 1.165) is 52.2 Å². The van der Waals surface area contributed by atoms with Gasteiger partial charge in [-0.15, -0.1) is 0 Å². The topological polar surface area (TPSA) is 58.0 Å². The molecule has 0 bridgehead atoms. The number of pyridine rings is 2. The van der Waals surface area contributed by atoms with E-state index in [1.807, 2.05) is 31.5 Å². The van der Waals surface area contributed by atoms with Crippen LogP contribution in [0.4, 0.5) is 0 Å². The van der Waals surface area contributed by atoms with Crippen molar-refractivity contribution in [3.63, 3.8) is 0 Å². The van der Waals surface area contributed by atoms with Crippen LogP contribution in [0.15, 0.2) is 36.8 Å². The van der Waals surface area contributed by atoms with E-state index in [9.17, 15) is 5.11 Å². The maximum absolute atomic E-state index is 10.1. The van der Waals surface area contributed by atoms with Crippen molar-refractivity contribution in [1.82, 2.24) is 15.3 Å². The van der Waals surface area contributed by atoms with Gasteiger partial charge in [-0.25, -0.2) is 0 Å². The van der Waals surface area contributed by atoms with Gasteiger partial charge >= 0.3 is 0 Å². The molecule has 2 aromatic heterocycles. The quantitative estimate of drug-likeness (QED) is 0.891. The molecule has 4 heteroatoms. The van der Waals surface area contributed by atoms with E-state index in [1.54, 1.807) is 6.20 Å². The molecule has 2 N–H and O–H groups in total. The zero-order chi connectivity index (χ0) is 17.1. The SMILES string of the molecule is C/C=C1\NC(c2cnc(C(O)CCC)cc2C)=Cc2cnccc21. The highest BCUT2D eigenvalue weighted by atomic mass is 16.3. The first-order chi connectivity index (χ1) is 11.6. The lowest BCUT2D eigenvalue weighted by molar-refractivity contribution is 0.161. The lowest BCUT2D eigenvalue weighted by Gasteiger charge is -2.23. The van der Waals surface area contributed by atoms with Crippen LogP contribution in [0, 0.1) is 6.92 Å². The smallest absolute Gasteiger partial charge is 0.0959 e. The summed E-state index contributed by atoms with van der Waals surface area (Å²) in [6, 6.07) is 3.99. The van der Waals surface area contributed by atoms with E-state index in [-0.39, 0.29) is 0 Å². The van der Waals surface area contributed by atoms with Gasteiger partial charge in [-0.2, -0.15) is 0 Å². The molecular formula is C20H23N3O. The highest BCUT2D eigenvalue weighted by Gasteiger charge is 2.18. The molecule has 1 aliphatic rings. The molecule has 4 nitrogen and oxygen atoms in total. The highest BCUT2D eigenvalue weighted by Crippen LogP contribution is 2.30. The number of hydrogen-bond donors (Lipinski definition) is 2. The summed E-state index contributed by atoms with van der Waals surface area (Å²) in [5.41, 5.74) is 7.19. The summed E-state index contributed by atoms with van der Waals surface area (Å²) in [4.78, 5) is 8.70. The predicted molar refractivity (Wildman–Crippen MR) is 97.7 cm³/mol. The van der Waals surface area contributed by atoms with Gasteiger partial charge in [0.25, 0.3) is 0 Å². The number of nitrogens with zero attached hydrogens (tertiary/aromatic N) is 2. The van der Waals surface area contributed by atoms with Gasteiger partial charge in [0, 0.05) is 46.7 Å². The lowest BCUT2D eigenvalue weighted by Crippen LogP contribution is -2.17. The molecule has 3 rings (SSSR count). The minimum atomic E-state index is -0.493. The van der Waals surface area contributed by atoms with Crippen molar-refractivity contribution in [2.45, 2.75) is 39.7 Å². The molecule has 1 aliphatic heterocycles. The van der Waals surface area contributed by atoms with Crippen molar-refractivity contribution in [2.24, 2.45) is 0 Å². The van der Waals surface area contributed by atoms with Gasteiger partial charge in [0.15, 0.2) is 0 Å². The van der Waals surface area contributed by atoms with E-state index < -0.39 is 6.10 Å². The first-order valence-corrected chi connectivity index (χ1v) is 8.38. The second-order valence-electron chi connectivity index (χ2n) is 6.08. The molecule has 0 amide bonds. The van der Waals surface area contributed by atoms with E-state index in [1.165, 1.54) is 0 Å². The summed E-state index contributed by atoms with van der Waals surface area (Å²) in [6.45, 7) is 6.13. The van der Waals surface area contributed by atoms with Gasteiger partial charge in [0.2, 0.25) is 0 Å². The lowest BCUT2D eigenvalue weighted by atomic mass is 9.97. The average molecular weight is 321 g/mol. The number of fused-ring (bicyclic) bond motifs is 1. The molecule has 0 aromatic carbocycles.